The summed E-state index contributed by atoms with van der Waals surface area (Å²) >= 11 is 0. The van der Waals surface area contributed by atoms with Gasteiger partial charge < -0.3 is 20.1 Å². The molecule has 180 valence electrons. The molecule has 1 amide bonds. The van der Waals surface area contributed by atoms with Gasteiger partial charge in [-0.05, 0) is 34.7 Å². The summed E-state index contributed by atoms with van der Waals surface area (Å²) in [6, 6.07) is 8.92. The van der Waals surface area contributed by atoms with Crippen molar-refractivity contribution >= 4 is 23.2 Å². The molecule has 1 fully saturated rings. The topological polar surface area (TPSA) is 108 Å². The van der Waals surface area contributed by atoms with E-state index in [2.05, 4.69) is 37.5 Å². The summed E-state index contributed by atoms with van der Waals surface area (Å²) in [5.41, 5.74) is 2.24. The molecule has 2 aromatic carbocycles. The van der Waals surface area contributed by atoms with Crippen LogP contribution in [0.25, 0.3) is 0 Å². The first-order chi connectivity index (χ1) is 16.0. The van der Waals surface area contributed by atoms with E-state index in [-0.39, 0.29) is 34.4 Å². The fraction of sp³-hybridized carbons (Fsp3) is 0.423. The number of rotatable bonds is 6. The number of para-hydroxylation sites is 1. The number of nitrogens with zero attached hydrogens (tertiary/aromatic N) is 1. The average molecular weight is 466 g/mol. The monoisotopic (exact) mass is 465 g/mol. The molecule has 3 unspecified atom stereocenters. The highest BCUT2D eigenvalue weighted by Crippen LogP contribution is 2.38. The number of anilines is 1. The lowest BCUT2D eigenvalue weighted by atomic mass is 9.77. The summed E-state index contributed by atoms with van der Waals surface area (Å²) in [6.45, 7) is 6.88. The summed E-state index contributed by atoms with van der Waals surface area (Å²) in [5, 5.41) is 17.0. The van der Waals surface area contributed by atoms with E-state index < -0.39 is 23.7 Å². The number of nitrogens with one attached hydrogen (secondary N) is 2. The maximum Gasteiger partial charge on any atom is 0.257 e. The van der Waals surface area contributed by atoms with Crippen LogP contribution in [0, 0.1) is 5.41 Å². The van der Waals surface area contributed by atoms with Crippen LogP contribution in [0.3, 0.4) is 0 Å². The minimum absolute atomic E-state index is 0.116. The number of benzene rings is 2. The highest BCUT2D eigenvalue weighted by Gasteiger charge is 2.51. The molecule has 0 saturated heterocycles. The number of hydrogen-bond donors (Lipinski definition) is 3. The molecule has 1 heterocycles. The van der Waals surface area contributed by atoms with Gasteiger partial charge in [-0.25, -0.2) is 0 Å². The molecule has 1 aliphatic heterocycles. The van der Waals surface area contributed by atoms with Gasteiger partial charge in [-0.2, -0.15) is 0 Å². The molecule has 1 aliphatic carbocycles. The van der Waals surface area contributed by atoms with Gasteiger partial charge in [-0.15, -0.1) is 0 Å². The van der Waals surface area contributed by atoms with Gasteiger partial charge in [0.1, 0.15) is 17.8 Å². The molecule has 0 radical (unpaired) electrons. The van der Waals surface area contributed by atoms with Crippen LogP contribution in [0.5, 0.6) is 11.5 Å². The fourth-order valence-electron chi connectivity index (χ4n) is 4.49. The van der Waals surface area contributed by atoms with Gasteiger partial charge in [0.05, 0.1) is 17.9 Å². The normalized spacial score (nSPS) is 20.3. The molecular formula is C26H31N3O5. The minimum Gasteiger partial charge on any atom is -0.505 e. The maximum absolute atomic E-state index is 12.6. The van der Waals surface area contributed by atoms with E-state index in [0.29, 0.717) is 6.61 Å². The molecule has 34 heavy (non-hydrogen) atoms. The molecule has 2 aromatic rings. The van der Waals surface area contributed by atoms with Crippen LogP contribution >= 0.6 is 0 Å². The lowest BCUT2D eigenvalue weighted by Gasteiger charge is -2.41. The van der Waals surface area contributed by atoms with Crippen molar-refractivity contribution in [3.05, 3.63) is 53.1 Å². The van der Waals surface area contributed by atoms with Crippen LogP contribution in [0.1, 0.15) is 48.3 Å². The fourth-order valence-corrected chi connectivity index (χ4v) is 4.49. The molecule has 3 N–H and O–H groups in total. The van der Waals surface area contributed by atoms with Crippen molar-refractivity contribution in [1.82, 2.24) is 10.2 Å². The Morgan fingerprint density at radius 1 is 1.12 bits per heavy atom. The quantitative estimate of drug-likeness (QED) is 0.445. The predicted molar refractivity (Wildman–Crippen MR) is 128 cm³/mol. The van der Waals surface area contributed by atoms with Gasteiger partial charge in [-0.3, -0.25) is 19.7 Å². The highest BCUT2D eigenvalue weighted by atomic mass is 16.5. The van der Waals surface area contributed by atoms with E-state index in [9.17, 15) is 19.5 Å². The lowest BCUT2D eigenvalue weighted by molar-refractivity contribution is -0.146. The van der Waals surface area contributed by atoms with E-state index in [1.54, 1.807) is 26.2 Å². The Labute approximate surface area is 199 Å². The maximum atomic E-state index is 12.6. The third kappa shape index (κ3) is 4.25. The largest absolute Gasteiger partial charge is 0.505 e. The van der Waals surface area contributed by atoms with Gasteiger partial charge in [0.2, 0.25) is 11.6 Å². The molecular weight excluding hydrogens is 434 g/mol. The number of ether oxygens (including phenoxy) is 1. The molecule has 4 rings (SSSR count). The molecule has 8 heteroatoms. The lowest BCUT2D eigenvalue weighted by Crippen LogP contribution is -2.68. The summed E-state index contributed by atoms with van der Waals surface area (Å²) in [4.78, 5) is 38.8. The number of fused-ring (bicyclic) bond motifs is 1. The number of aromatic hydroxyl groups is 1. The van der Waals surface area contributed by atoms with Gasteiger partial charge in [0, 0.05) is 26.6 Å². The molecule has 3 atom stereocenters. The van der Waals surface area contributed by atoms with E-state index in [1.807, 2.05) is 12.1 Å². The summed E-state index contributed by atoms with van der Waals surface area (Å²) in [6.07, 6.45) is 0.840. The first-order valence-electron chi connectivity index (χ1n) is 11.4. The van der Waals surface area contributed by atoms with Gasteiger partial charge >= 0.3 is 0 Å². The number of hydrogen-bond acceptors (Lipinski definition) is 7. The number of amides is 1. The third-order valence-electron chi connectivity index (χ3n) is 6.38. The van der Waals surface area contributed by atoms with Crippen LogP contribution in [0.4, 0.5) is 5.69 Å². The first kappa shape index (κ1) is 23.8. The molecule has 8 nitrogen and oxygen atoms in total. The number of phenols is 1. The molecule has 0 spiro atoms. The second-order valence-corrected chi connectivity index (χ2v) is 10.2. The van der Waals surface area contributed by atoms with Crippen molar-refractivity contribution < 1.29 is 24.2 Å². The Kier molecular flexibility index (Phi) is 6.12. The number of phenolic OH excluding ortho intramolecular Hbond substituents is 1. The Morgan fingerprint density at radius 2 is 1.82 bits per heavy atom. The summed E-state index contributed by atoms with van der Waals surface area (Å²) in [5.74, 6) is -0.792. The number of ketones is 2. The summed E-state index contributed by atoms with van der Waals surface area (Å²) < 4.78 is 5.62. The molecule has 0 bridgehead atoms. The van der Waals surface area contributed by atoms with Crippen LogP contribution in [-0.4, -0.2) is 60.3 Å². The average Bonchev–Trinajstić information content (AvgIpc) is 3.25. The van der Waals surface area contributed by atoms with E-state index >= 15 is 0 Å². The standard InChI is InChI=1S/C26H31N3O5/c1-26(2,3)24(15-9-10-18-14(13-15)11-12-34-18)28-20-19(22(31)23(20)32)27-17-8-6-7-16(21(17)30)25(33)29(4)5/h6-10,13,19-20,24,27-28,30H,11-12H2,1-5H3. The van der Waals surface area contributed by atoms with Gasteiger partial charge in [0.15, 0.2) is 5.75 Å². The zero-order valence-electron chi connectivity index (χ0n) is 20.1. The van der Waals surface area contributed by atoms with Crippen molar-refractivity contribution in [1.29, 1.82) is 0 Å². The van der Waals surface area contributed by atoms with Gasteiger partial charge in [0.25, 0.3) is 5.91 Å². The Hall–Kier alpha value is -3.39. The highest BCUT2D eigenvalue weighted by molar-refractivity contribution is 6.49. The van der Waals surface area contributed by atoms with E-state index in [4.69, 9.17) is 4.74 Å². The van der Waals surface area contributed by atoms with E-state index in [0.717, 1.165) is 23.3 Å². The molecule has 2 aliphatic rings. The number of carbonyl (C=O) groups is 3. The van der Waals surface area contributed by atoms with Crippen molar-refractivity contribution in [3.63, 3.8) is 0 Å². The second-order valence-electron chi connectivity index (χ2n) is 10.2. The Balaban J connectivity index is 1.59. The van der Waals surface area contributed by atoms with Gasteiger partial charge in [-0.1, -0.05) is 39.0 Å². The minimum atomic E-state index is -0.856. The van der Waals surface area contributed by atoms with Crippen LogP contribution in [-0.2, 0) is 16.0 Å². The Bertz CT molecular complexity index is 1150. The zero-order chi connectivity index (χ0) is 24.8. The van der Waals surface area contributed by atoms with Crippen LogP contribution in [0.15, 0.2) is 36.4 Å². The van der Waals surface area contributed by atoms with E-state index in [1.165, 1.54) is 11.0 Å². The first-order valence-corrected chi connectivity index (χ1v) is 11.4. The smallest absolute Gasteiger partial charge is 0.257 e. The third-order valence-corrected chi connectivity index (χ3v) is 6.38. The Morgan fingerprint density at radius 3 is 2.50 bits per heavy atom. The second kappa shape index (κ2) is 8.76. The number of Topliss-reactive ketones (excluding diaryl/α,β-unsaturated/α-hetero) is 2. The number of carbonyl (C=O) groups excluding carboxylic acids is 3. The van der Waals surface area contributed by atoms with Crippen molar-refractivity contribution in [2.45, 2.75) is 45.3 Å². The van der Waals surface area contributed by atoms with Crippen molar-refractivity contribution in [2.75, 3.05) is 26.0 Å². The van der Waals surface area contributed by atoms with Crippen molar-refractivity contribution in [3.8, 4) is 11.5 Å². The zero-order valence-corrected chi connectivity index (χ0v) is 20.1. The molecule has 1 saturated carbocycles. The van der Waals surface area contributed by atoms with Crippen LogP contribution < -0.4 is 15.4 Å². The predicted octanol–water partition coefficient (Wildman–Crippen LogP) is 2.71. The molecule has 0 aromatic heterocycles. The van der Waals surface area contributed by atoms with Crippen molar-refractivity contribution in [2.24, 2.45) is 5.41 Å². The summed E-state index contributed by atoms with van der Waals surface area (Å²) in [7, 11) is 3.18. The van der Waals surface area contributed by atoms with Crippen LogP contribution in [0.2, 0.25) is 0 Å². The SMILES string of the molecule is CN(C)C(=O)c1cccc(NC2C(=O)C(=O)C2NC(c2ccc3c(c2)CCO3)C(C)(C)C)c1O.